The third-order valence-corrected chi connectivity index (χ3v) is 3.12. The summed E-state index contributed by atoms with van der Waals surface area (Å²) in [6.07, 6.45) is 0. The molecule has 0 unspecified atom stereocenters. The third kappa shape index (κ3) is 3.07. The van der Waals surface area contributed by atoms with Gasteiger partial charge in [-0.2, -0.15) is 5.26 Å². The molecule has 0 saturated carbocycles. The Morgan fingerprint density at radius 3 is 2.50 bits per heavy atom. The van der Waals surface area contributed by atoms with Gasteiger partial charge >= 0.3 is 0 Å². The SMILES string of the molecule is Cc1ccc(OCCn2c(C)ccc(C#N)c2=O)cc1. The molecule has 0 fully saturated rings. The van der Waals surface area contributed by atoms with Crippen LogP contribution in [0.1, 0.15) is 16.8 Å². The fourth-order valence-electron chi connectivity index (χ4n) is 1.92. The standard InChI is InChI=1S/C16H16N2O2/c1-12-3-7-15(8-4-12)20-10-9-18-13(2)5-6-14(11-17)16(18)19/h3-8H,9-10H2,1-2H3. The molecule has 0 spiro atoms. The molecule has 0 bridgehead atoms. The number of nitrogens with zero attached hydrogens (tertiary/aromatic N) is 2. The van der Waals surface area contributed by atoms with Crippen LogP contribution in [0.25, 0.3) is 0 Å². The predicted octanol–water partition coefficient (Wildman–Crippen LogP) is 2.42. The molecule has 4 heteroatoms. The van der Waals surface area contributed by atoms with Crippen molar-refractivity contribution in [2.24, 2.45) is 0 Å². The molecule has 0 aliphatic rings. The first-order chi connectivity index (χ1) is 9.61. The van der Waals surface area contributed by atoms with Crippen molar-refractivity contribution < 1.29 is 4.74 Å². The van der Waals surface area contributed by atoms with Gasteiger partial charge in [-0.3, -0.25) is 4.79 Å². The fourth-order valence-corrected chi connectivity index (χ4v) is 1.92. The number of pyridine rings is 1. The topological polar surface area (TPSA) is 55.0 Å². The molecule has 0 radical (unpaired) electrons. The quantitative estimate of drug-likeness (QED) is 0.855. The van der Waals surface area contributed by atoms with E-state index in [1.54, 1.807) is 16.7 Å². The molecule has 2 aromatic rings. The molecule has 0 aliphatic carbocycles. The van der Waals surface area contributed by atoms with Crippen molar-refractivity contribution in [1.82, 2.24) is 4.57 Å². The zero-order chi connectivity index (χ0) is 14.5. The van der Waals surface area contributed by atoms with Crippen LogP contribution in [-0.2, 0) is 6.54 Å². The molecular weight excluding hydrogens is 252 g/mol. The number of aryl methyl sites for hydroxylation is 2. The fraction of sp³-hybridized carbons (Fsp3) is 0.250. The summed E-state index contributed by atoms with van der Waals surface area (Å²) >= 11 is 0. The summed E-state index contributed by atoms with van der Waals surface area (Å²) in [6, 6.07) is 13.0. The lowest BCUT2D eigenvalue weighted by Crippen LogP contribution is -2.26. The Morgan fingerprint density at radius 1 is 1.15 bits per heavy atom. The minimum absolute atomic E-state index is 0.158. The number of hydrogen-bond acceptors (Lipinski definition) is 3. The van der Waals surface area contributed by atoms with Crippen LogP contribution >= 0.6 is 0 Å². The normalized spacial score (nSPS) is 10.1. The highest BCUT2D eigenvalue weighted by Gasteiger charge is 2.05. The van der Waals surface area contributed by atoms with E-state index in [2.05, 4.69) is 0 Å². The monoisotopic (exact) mass is 268 g/mol. The van der Waals surface area contributed by atoms with Crippen molar-refractivity contribution in [3.8, 4) is 11.8 Å². The maximum Gasteiger partial charge on any atom is 0.268 e. The maximum absolute atomic E-state index is 12.0. The number of rotatable bonds is 4. The van der Waals surface area contributed by atoms with Crippen LogP contribution in [0.4, 0.5) is 0 Å². The first kappa shape index (κ1) is 13.9. The Morgan fingerprint density at radius 2 is 1.85 bits per heavy atom. The van der Waals surface area contributed by atoms with Crippen molar-refractivity contribution in [2.45, 2.75) is 20.4 Å². The van der Waals surface area contributed by atoms with Crippen molar-refractivity contribution in [2.75, 3.05) is 6.61 Å². The average molecular weight is 268 g/mol. The Labute approximate surface area is 117 Å². The second-order valence-corrected chi connectivity index (χ2v) is 4.62. The molecule has 102 valence electrons. The van der Waals surface area contributed by atoms with Gasteiger partial charge < -0.3 is 9.30 Å². The molecule has 1 aromatic carbocycles. The lowest BCUT2D eigenvalue weighted by atomic mass is 10.2. The van der Waals surface area contributed by atoms with Crippen molar-refractivity contribution >= 4 is 0 Å². The lowest BCUT2D eigenvalue weighted by Gasteiger charge is -2.11. The van der Waals surface area contributed by atoms with Gasteiger partial charge in [-0.15, -0.1) is 0 Å². The maximum atomic E-state index is 12.0. The second kappa shape index (κ2) is 6.07. The summed E-state index contributed by atoms with van der Waals surface area (Å²) < 4.78 is 7.17. The van der Waals surface area contributed by atoms with Gasteiger partial charge in [-0.25, -0.2) is 0 Å². The summed E-state index contributed by atoms with van der Waals surface area (Å²) in [7, 11) is 0. The summed E-state index contributed by atoms with van der Waals surface area (Å²) in [5, 5.41) is 8.87. The van der Waals surface area contributed by atoms with Crippen LogP contribution in [0.5, 0.6) is 5.75 Å². The van der Waals surface area contributed by atoms with E-state index in [1.807, 2.05) is 44.2 Å². The number of aromatic nitrogens is 1. The molecule has 1 heterocycles. The van der Waals surface area contributed by atoms with Crippen molar-refractivity contribution in [1.29, 1.82) is 5.26 Å². The van der Waals surface area contributed by atoms with Gasteiger partial charge in [-0.05, 0) is 38.1 Å². The van der Waals surface area contributed by atoms with Crippen LogP contribution in [0, 0.1) is 25.2 Å². The predicted molar refractivity (Wildman–Crippen MR) is 76.8 cm³/mol. The highest BCUT2D eigenvalue weighted by molar-refractivity contribution is 5.28. The van der Waals surface area contributed by atoms with Gasteiger partial charge in [0.25, 0.3) is 5.56 Å². The molecule has 0 saturated heterocycles. The first-order valence-corrected chi connectivity index (χ1v) is 6.42. The zero-order valence-corrected chi connectivity index (χ0v) is 11.6. The van der Waals surface area contributed by atoms with Gasteiger partial charge in [0.15, 0.2) is 0 Å². The van der Waals surface area contributed by atoms with Gasteiger partial charge in [0.2, 0.25) is 0 Å². The van der Waals surface area contributed by atoms with E-state index in [1.165, 1.54) is 5.56 Å². The van der Waals surface area contributed by atoms with Gasteiger partial charge in [0.1, 0.15) is 24.0 Å². The largest absolute Gasteiger partial charge is 0.492 e. The van der Waals surface area contributed by atoms with Gasteiger partial charge in [0, 0.05) is 5.69 Å². The molecule has 0 aliphatic heterocycles. The number of benzene rings is 1. The van der Waals surface area contributed by atoms with Crippen LogP contribution in [-0.4, -0.2) is 11.2 Å². The van der Waals surface area contributed by atoms with Gasteiger partial charge in [0.05, 0.1) is 6.54 Å². The van der Waals surface area contributed by atoms with E-state index in [0.717, 1.165) is 11.4 Å². The highest BCUT2D eigenvalue weighted by atomic mass is 16.5. The minimum Gasteiger partial charge on any atom is -0.492 e. The number of ether oxygens (including phenoxy) is 1. The molecule has 4 nitrogen and oxygen atoms in total. The van der Waals surface area contributed by atoms with E-state index in [9.17, 15) is 4.79 Å². The molecular formula is C16H16N2O2. The molecule has 1 aromatic heterocycles. The highest BCUT2D eigenvalue weighted by Crippen LogP contribution is 2.11. The summed E-state index contributed by atoms with van der Waals surface area (Å²) in [4.78, 5) is 12.0. The molecule has 2 rings (SSSR count). The number of nitriles is 1. The Kier molecular flexibility index (Phi) is 4.21. The smallest absolute Gasteiger partial charge is 0.268 e. The lowest BCUT2D eigenvalue weighted by molar-refractivity contribution is 0.295. The van der Waals surface area contributed by atoms with E-state index in [-0.39, 0.29) is 11.1 Å². The van der Waals surface area contributed by atoms with E-state index in [4.69, 9.17) is 10.00 Å². The Bertz CT molecular complexity index is 694. The van der Waals surface area contributed by atoms with Gasteiger partial charge in [-0.1, -0.05) is 17.7 Å². The average Bonchev–Trinajstić information content (AvgIpc) is 2.44. The zero-order valence-electron chi connectivity index (χ0n) is 11.6. The summed E-state index contributed by atoms with van der Waals surface area (Å²) in [6.45, 7) is 4.67. The van der Waals surface area contributed by atoms with Crippen LogP contribution in [0.15, 0.2) is 41.2 Å². The van der Waals surface area contributed by atoms with E-state index >= 15 is 0 Å². The first-order valence-electron chi connectivity index (χ1n) is 6.42. The molecule has 0 amide bonds. The Balaban J connectivity index is 2.06. The molecule has 20 heavy (non-hydrogen) atoms. The third-order valence-electron chi connectivity index (χ3n) is 3.12. The summed E-state index contributed by atoms with van der Waals surface area (Å²) in [5.41, 5.74) is 1.89. The van der Waals surface area contributed by atoms with Crippen molar-refractivity contribution in [3.05, 3.63) is 63.6 Å². The summed E-state index contributed by atoms with van der Waals surface area (Å²) in [5.74, 6) is 0.776. The minimum atomic E-state index is -0.264. The number of hydrogen-bond donors (Lipinski definition) is 0. The molecule has 0 N–H and O–H groups in total. The van der Waals surface area contributed by atoms with Crippen LogP contribution in [0.3, 0.4) is 0 Å². The van der Waals surface area contributed by atoms with Crippen molar-refractivity contribution in [3.63, 3.8) is 0 Å². The van der Waals surface area contributed by atoms with E-state index in [0.29, 0.717) is 13.2 Å². The second-order valence-electron chi connectivity index (χ2n) is 4.62. The van der Waals surface area contributed by atoms with Crippen LogP contribution < -0.4 is 10.3 Å². The van der Waals surface area contributed by atoms with Crippen LogP contribution in [0.2, 0.25) is 0 Å². The Hall–Kier alpha value is -2.54. The molecule has 0 atom stereocenters. The van der Waals surface area contributed by atoms with E-state index < -0.39 is 0 Å².